The third-order valence-corrected chi connectivity index (χ3v) is 5.31. The van der Waals surface area contributed by atoms with Gasteiger partial charge in [0, 0.05) is 24.0 Å². The topological polar surface area (TPSA) is 92.9 Å². The van der Waals surface area contributed by atoms with Crippen LogP contribution in [0.15, 0.2) is 24.3 Å². The number of carbonyl (C=O) groups is 1. The molecule has 142 valence electrons. The third-order valence-electron chi connectivity index (χ3n) is 4.28. The van der Waals surface area contributed by atoms with E-state index in [0.29, 0.717) is 11.4 Å². The van der Waals surface area contributed by atoms with E-state index >= 15 is 0 Å². The van der Waals surface area contributed by atoms with Crippen molar-refractivity contribution in [3.63, 3.8) is 0 Å². The lowest BCUT2D eigenvalue weighted by Crippen LogP contribution is -2.21. The third kappa shape index (κ3) is 4.26. The number of nitrogen functional groups attached to an aromatic ring is 1. The predicted molar refractivity (Wildman–Crippen MR) is 112 cm³/mol. The van der Waals surface area contributed by atoms with Crippen molar-refractivity contribution >= 4 is 33.4 Å². The fourth-order valence-corrected chi connectivity index (χ4v) is 3.90. The van der Waals surface area contributed by atoms with Gasteiger partial charge >= 0.3 is 0 Å². The second-order valence-corrected chi connectivity index (χ2v) is 7.48. The Balaban J connectivity index is 2.07. The number of aryl methyl sites for hydroxylation is 1. The minimum Gasteiger partial charge on any atom is -0.368 e. The average molecular weight is 384 g/mol. The molecule has 3 rings (SSSR count). The first kappa shape index (κ1) is 19.3. The molecular formula is C20H25N5OS. The highest BCUT2D eigenvalue weighted by Gasteiger charge is 2.17. The number of nitrogens with zero attached hydrogens (tertiary/aromatic N) is 2. The zero-order chi connectivity index (χ0) is 19.4. The van der Waals surface area contributed by atoms with E-state index in [-0.39, 0.29) is 11.9 Å². The molecule has 3 aromatic rings. The van der Waals surface area contributed by atoms with Crippen molar-refractivity contribution in [2.75, 3.05) is 18.8 Å². The lowest BCUT2D eigenvalue weighted by molar-refractivity contribution is 0.0960. The summed E-state index contributed by atoms with van der Waals surface area (Å²) in [5.41, 5.74) is 10.1. The van der Waals surface area contributed by atoms with Gasteiger partial charge in [-0.3, -0.25) is 4.79 Å². The first-order valence-corrected chi connectivity index (χ1v) is 10.0. The van der Waals surface area contributed by atoms with Crippen LogP contribution in [0.1, 0.15) is 41.1 Å². The van der Waals surface area contributed by atoms with E-state index in [1.54, 1.807) is 0 Å². The first-order valence-electron chi connectivity index (χ1n) is 9.19. The minimum atomic E-state index is -0.0979. The Morgan fingerprint density at radius 3 is 2.78 bits per heavy atom. The fourth-order valence-electron chi connectivity index (χ4n) is 2.95. The quantitative estimate of drug-likeness (QED) is 0.543. The lowest BCUT2D eigenvalue weighted by atomic mass is 10.00. The van der Waals surface area contributed by atoms with Crippen LogP contribution in [0.3, 0.4) is 0 Å². The van der Waals surface area contributed by atoms with Gasteiger partial charge in [-0.25, -0.2) is 9.97 Å². The van der Waals surface area contributed by atoms with Crippen LogP contribution >= 0.6 is 11.3 Å². The normalized spacial score (nSPS) is 11.1. The summed E-state index contributed by atoms with van der Waals surface area (Å²) in [7, 11) is 0. The van der Waals surface area contributed by atoms with Gasteiger partial charge in [-0.15, -0.1) is 11.3 Å². The Bertz CT molecular complexity index is 966. The number of fused-ring (bicyclic) bond motifs is 1. The molecule has 0 aliphatic carbocycles. The van der Waals surface area contributed by atoms with Crippen LogP contribution in [0.4, 0.5) is 5.95 Å². The number of hydrogen-bond acceptors (Lipinski definition) is 6. The molecule has 0 saturated carbocycles. The van der Waals surface area contributed by atoms with Gasteiger partial charge < -0.3 is 16.4 Å². The van der Waals surface area contributed by atoms with E-state index in [1.807, 2.05) is 13.0 Å². The number of rotatable bonds is 7. The second-order valence-electron chi connectivity index (χ2n) is 6.45. The Morgan fingerprint density at radius 2 is 2.04 bits per heavy atom. The van der Waals surface area contributed by atoms with E-state index < -0.39 is 0 Å². The summed E-state index contributed by atoms with van der Waals surface area (Å²) in [6, 6.07) is 8.22. The minimum absolute atomic E-state index is 0.0979. The van der Waals surface area contributed by atoms with Gasteiger partial charge in [0.15, 0.2) is 0 Å². The monoisotopic (exact) mass is 383 g/mol. The highest BCUT2D eigenvalue weighted by molar-refractivity contribution is 7.20. The van der Waals surface area contributed by atoms with Gasteiger partial charge in [-0.2, -0.15) is 0 Å². The predicted octanol–water partition coefficient (Wildman–Crippen LogP) is 3.50. The van der Waals surface area contributed by atoms with Crippen molar-refractivity contribution < 1.29 is 4.79 Å². The van der Waals surface area contributed by atoms with Crippen LogP contribution in [0.25, 0.3) is 21.5 Å². The second kappa shape index (κ2) is 8.45. The molecule has 0 saturated heterocycles. The summed E-state index contributed by atoms with van der Waals surface area (Å²) in [6.07, 6.45) is 1.10. The van der Waals surface area contributed by atoms with Crippen LogP contribution in [0, 0.1) is 6.92 Å². The van der Waals surface area contributed by atoms with Gasteiger partial charge in [0.1, 0.15) is 4.83 Å². The number of amides is 1. The number of carbonyl (C=O) groups excluding carboxylic acids is 1. The molecule has 0 aliphatic rings. The van der Waals surface area contributed by atoms with E-state index in [9.17, 15) is 4.79 Å². The number of hydrogen-bond donors (Lipinski definition) is 3. The van der Waals surface area contributed by atoms with Crippen molar-refractivity contribution in [3.05, 3.63) is 40.3 Å². The molecule has 27 heavy (non-hydrogen) atoms. The largest absolute Gasteiger partial charge is 0.368 e. The number of nitrogens with two attached hydrogens (primary N) is 1. The van der Waals surface area contributed by atoms with Crippen molar-refractivity contribution in [2.45, 2.75) is 33.7 Å². The summed E-state index contributed by atoms with van der Waals surface area (Å²) in [5.74, 6) is 0.120. The molecule has 4 N–H and O–H groups in total. The Morgan fingerprint density at radius 1 is 1.22 bits per heavy atom. The highest BCUT2D eigenvalue weighted by Crippen LogP contribution is 2.34. The first-order chi connectivity index (χ1) is 13.0. The molecule has 0 atom stereocenters. The summed E-state index contributed by atoms with van der Waals surface area (Å²) in [5, 5.41) is 7.11. The van der Waals surface area contributed by atoms with Crippen molar-refractivity contribution in [3.8, 4) is 11.3 Å². The molecular weight excluding hydrogens is 358 g/mol. The summed E-state index contributed by atoms with van der Waals surface area (Å²) < 4.78 is 0. The number of thiophene rings is 1. The van der Waals surface area contributed by atoms with Crippen LogP contribution in [-0.4, -0.2) is 29.0 Å². The smallest absolute Gasteiger partial charge is 0.261 e. The molecule has 1 aromatic carbocycles. The summed E-state index contributed by atoms with van der Waals surface area (Å²) >= 11 is 1.34. The maximum atomic E-state index is 12.2. The summed E-state index contributed by atoms with van der Waals surface area (Å²) in [4.78, 5) is 22.4. The zero-order valence-corrected chi connectivity index (χ0v) is 16.7. The fraction of sp³-hybridized carbons (Fsp3) is 0.350. The van der Waals surface area contributed by atoms with Crippen LogP contribution in [0.2, 0.25) is 0 Å². The molecule has 6 nitrogen and oxygen atoms in total. The number of nitrogens with one attached hydrogen (secondary N) is 2. The lowest BCUT2D eigenvalue weighted by Gasteiger charge is -2.11. The molecule has 0 unspecified atom stereocenters. The molecule has 1 amide bonds. The van der Waals surface area contributed by atoms with E-state index in [2.05, 4.69) is 52.6 Å². The standard InChI is InChI=1S/C20H25N5OS/c1-4-8-22-11-13-7-6-12(3)14(9-13)17-15-10-16(18(26)23-5-2)27-19(15)25-20(21)24-17/h6-7,9-10,22H,4-5,8,11H2,1-3H3,(H,23,26)(H2,21,24,25). The van der Waals surface area contributed by atoms with E-state index in [1.165, 1.54) is 16.9 Å². The highest BCUT2D eigenvalue weighted by atomic mass is 32.1. The Labute approximate surface area is 163 Å². The van der Waals surface area contributed by atoms with Gasteiger partial charge in [0.25, 0.3) is 5.91 Å². The van der Waals surface area contributed by atoms with Crippen molar-refractivity contribution in [2.24, 2.45) is 0 Å². The maximum Gasteiger partial charge on any atom is 0.261 e. The number of aromatic nitrogens is 2. The summed E-state index contributed by atoms with van der Waals surface area (Å²) in [6.45, 7) is 8.47. The van der Waals surface area contributed by atoms with Gasteiger partial charge in [0.2, 0.25) is 5.95 Å². The van der Waals surface area contributed by atoms with Crippen LogP contribution in [0.5, 0.6) is 0 Å². The molecule has 0 radical (unpaired) electrons. The van der Waals surface area contributed by atoms with Crippen molar-refractivity contribution in [1.29, 1.82) is 0 Å². The Hall–Kier alpha value is -2.51. The molecule has 2 heterocycles. The van der Waals surface area contributed by atoms with Gasteiger partial charge in [-0.1, -0.05) is 19.1 Å². The Kier molecular flexibility index (Phi) is 6.03. The molecule has 0 bridgehead atoms. The molecule has 0 fully saturated rings. The zero-order valence-electron chi connectivity index (χ0n) is 15.9. The van der Waals surface area contributed by atoms with Gasteiger partial charge in [0.05, 0.1) is 10.6 Å². The number of benzene rings is 1. The van der Waals surface area contributed by atoms with Crippen LogP contribution < -0.4 is 16.4 Å². The van der Waals surface area contributed by atoms with Crippen molar-refractivity contribution in [1.82, 2.24) is 20.6 Å². The average Bonchev–Trinajstić information content (AvgIpc) is 3.07. The molecule has 0 spiro atoms. The maximum absolute atomic E-state index is 12.2. The van der Waals surface area contributed by atoms with Crippen LogP contribution in [-0.2, 0) is 6.54 Å². The molecule has 0 aliphatic heterocycles. The van der Waals surface area contributed by atoms with Gasteiger partial charge in [-0.05, 0) is 50.1 Å². The molecule has 2 aromatic heterocycles. The van der Waals surface area contributed by atoms with E-state index in [0.717, 1.165) is 46.5 Å². The molecule has 7 heteroatoms. The number of anilines is 1. The SMILES string of the molecule is CCCNCc1ccc(C)c(-c2nc(N)nc3sc(C(=O)NCC)cc23)c1. The van der Waals surface area contributed by atoms with E-state index in [4.69, 9.17) is 5.73 Å².